The number of urea groups is 1. The molecule has 1 N–H and O–H groups in total. The largest absolute Gasteiger partial charge is 0.324 e. The van der Waals surface area contributed by atoms with Crippen LogP contribution in [0.2, 0.25) is 0 Å². The molecule has 1 saturated heterocycles. The van der Waals surface area contributed by atoms with Crippen molar-refractivity contribution in [2.24, 2.45) is 5.92 Å². The molecule has 2 amide bonds. The first-order valence-electron chi connectivity index (χ1n) is 9.82. The lowest BCUT2D eigenvalue weighted by Gasteiger charge is -2.17. The number of carbonyl (C=O) groups excluding carboxylic acids is 1. The fraction of sp³-hybridized carbons (Fsp3) is 0.364. The van der Waals surface area contributed by atoms with Crippen molar-refractivity contribution in [2.75, 3.05) is 18.4 Å². The molecule has 3 aromatic rings. The third-order valence-electron chi connectivity index (χ3n) is 5.31. The number of benzene rings is 1. The van der Waals surface area contributed by atoms with Crippen molar-refractivity contribution in [2.45, 2.75) is 33.6 Å². The molecular weight excluding hydrogens is 350 g/mol. The fourth-order valence-corrected chi connectivity index (χ4v) is 3.61. The van der Waals surface area contributed by atoms with Gasteiger partial charge in [0.2, 0.25) is 0 Å². The second-order valence-corrected chi connectivity index (χ2v) is 7.58. The molecule has 1 fully saturated rings. The van der Waals surface area contributed by atoms with Crippen LogP contribution >= 0.6 is 0 Å². The molecule has 0 spiro atoms. The van der Waals surface area contributed by atoms with Gasteiger partial charge in [-0.05, 0) is 48.6 Å². The van der Waals surface area contributed by atoms with Crippen LogP contribution in [-0.2, 0) is 6.42 Å². The standard InChI is InChI=1S/C22H25N5O/c1-4-20-23-12-17-9-16(11-24-21(17)26-20)19-10-18(6-5-15(19)3)25-22(28)27-8-7-14(2)13-27/h5-6,9-12,14H,4,7-8,13H2,1-3H3,(H,25,28)/t14-/m0/s1. The molecule has 0 saturated carbocycles. The lowest BCUT2D eigenvalue weighted by molar-refractivity contribution is 0.221. The highest BCUT2D eigenvalue weighted by Crippen LogP contribution is 2.28. The molecule has 3 heterocycles. The van der Waals surface area contributed by atoms with Gasteiger partial charge in [0.15, 0.2) is 5.65 Å². The lowest BCUT2D eigenvalue weighted by Crippen LogP contribution is -2.32. The molecule has 144 valence electrons. The van der Waals surface area contributed by atoms with Gasteiger partial charge >= 0.3 is 6.03 Å². The van der Waals surface area contributed by atoms with Gasteiger partial charge in [0.1, 0.15) is 5.82 Å². The van der Waals surface area contributed by atoms with Gasteiger partial charge in [-0.3, -0.25) is 0 Å². The van der Waals surface area contributed by atoms with E-state index in [1.54, 1.807) is 0 Å². The number of amides is 2. The number of nitrogens with one attached hydrogen (secondary N) is 1. The molecule has 6 heteroatoms. The van der Waals surface area contributed by atoms with Gasteiger partial charge in [-0.25, -0.2) is 19.7 Å². The van der Waals surface area contributed by atoms with Gasteiger partial charge in [-0.1, -0.05) is 19.9 Å². The molecule has 4 rings (SSSR count). The minimum absolute atomic E-state index is 0.0312. The van der Waals surface area contributed by atoms with E-state index in [1.807, 2.05) is 42.4 Å². The summed E-state index contributed by atoms with van der Waals surface area (Å²) in [5.74, 6) is 1.36. The van der Waals surface area contributed by atoms with Gasteiger partial charge in [0.05, 0.1) is 0 Å². The number of nitrogens with zero attached hydrogens (tertiary/aromatic N) is 4. The van der Waals surface area contributed by atoms with E-state index in [2.05, 4.69) is 40.2 Å². The summed E-state index contributed by atoms with van der Waals surface area (Å²) in [5.41, 5.74) is 4.66. The van der Waals surface area contributed by atoms with E-state index in [0.29, 0.717) is 11.6 Å². The molecule has 1 aliphatic heterocycles. The second kappa shape index (κ2) is 7.54. The van der Waals surface area contributed by atoms with Crippen molar-refractivity contribution in [3.05, 3.63) is 48.0 Å². The van der Waals surface area contributed by atoms with Crippen molar-refractivity contribution >= 4 is 22.8 Å². The maximum absolute atomic E-state index is 12.5. The van der Waals surface area contributed by atoms with Crippen LogP contribution in [0.5, 0.6) is 0 Å². The topological polar surface area (TPSA) is 71.0 Å². The quantitative estimate of drug-likeness (QED) is 0.735. The monoisotopic (exact) mass is 375 g/mol. The summed E-state index contributed by atoms with van der Waals surface area (Å²) in [6, 6.07) is 8.00. The predicted octanol–water partition coefficient (Wildman–Crippen LogP) is 4.44. The third-order valence-corrected chi connectivity index (χ3v) is 5.31. The Balaban J connectivity index is 1.61. The summed E-state index contributed by atoms with van der Waals surface area (Å²) < 4.78 is 0. The molecule has 1 atom stereocenters. The van der Waals surface area contributed by atoms with E-state index in [4.69, 9.17) is 0 Å². The zero-order valence-electron chi connectivity index (χ0n) is 16.6. The minimum atomic E-state index is -0.0312. The smallest absolute Gasteiger partial charge is 0.321 e. The van der Waals surface area contributed by atoms with Gasteiger partial charge in [0, 0.05) is 48.5 Å². The van der Waals surface area contributed by atoms with Gasteiger partial charge < -0.3 is 10.2 Å². The first kappa shape index (κ1) is 18.3. The Morgan fingerprint density at radius 2 is 2.11 bits per heavy atom. The number of aryl methyl sites for hydroxylation is 2. The molecular formula is C22H25N5O. The Bertz CT molecular complexity index is 1030. The maximum atomic E-state index is 12.5. The van der Waals surface area contributed by atoms with Crippen molar-refractivity contribution < 1.29 is 4.79 Å². The minimum Gasteiger partial charge on any atom is -0.324 e. The molecule has 1 aromatic carbocycles. The highest BCUT2D eigenvalue weighted by Gasteiger charge is 2.23. The first-order chi connectivity index (χ1) is 13.5. The second-order valence-electron chi connectivity index (χ2n) is 7.58. The van der Waals surface area contributed by atoms with E-state index in [0.717, 1.165) is 59.5 Å². The molecule has 0 radical (unpaired) electrons. The predicted molar refractivity (Wildman–Crippen MR) is 111 cm³/mol. The number of hydrogen-bond acceptors (Lipinski definition) is 4. The van der Waals surface area contributed by atoms with Crippen molar-refractivity contribution in [1.82, 2.24) is 19.9 Å². The number of rotatable bonds is 3. The van der Waals surface area contributed by atoms with Crippen molar-refractivity contribution in [1.29, 1.82) is 0 Å². The maximum Gasteiger partial charge on any atom is 0.321 e. The molecule has 0 aliphatic carbocycles. The van der Waals surface area contributed by atoms with Gasteiger partial charge in [-0.15, -0.1) is 0 Å². The van der Waals surface area contributed by atoms with Crippen LogP contribution in [0.1, 0.15) is 31.7 Å². The van der Waals surface area contributed by atoms with Gasteiger partial charge in [0.25, 0.3) is 0 Å². The van der Waals surface area contributed by atoms with Crippen LogP contribution in [0.4, 0.5) is 10.5 Å². The molecule has 1 aliphatic rings. The fourth-order valence-electron chi connectivity index (χ4n) is 3.61. The SMILES string of the molecule is CCc1ncc2cc(-c3cc(NC(=O)N4CC[C@H](C)C4)ccc3C)cnc2n1. The Kier molecular flexibility index (Phi) is 4.94. The van der Waals surface area contributed by atoms with Crippen LogP contribution < -0.4 is 5.32 Å². The molecule has 0 unspecified atom stereocenters. The van der Waals surface area contributed by atoms with Crippen LogP contribution in [0, 0.1) is 12.8 Å². The molecule has 28 heavy (non-hydrogen) atoms. The number of pyridine rings is 1. The third kappa shape index (κ3) is 3.67. The van der Waals surface area contributed by atoms with Crippen molar-refractivity contribution in [3.8, 4) is 11.1 Å². The summed E-state index contributed by atoms with van der Waals surface area (Å²) in [4.78, 5) is 27.8. The number of carbonyl (C=O) groups is 1. The van der Waals surface area contributed by atoms with Crippen LogP contribution in [-0.4, -0.2) is 39.0 Å². The van der Waals surface area contributed by atoms with E-state index >= 15 is 0 Å². The van der Waals surface area contributed by atoms with E-state index in [-0.39, 0.29) is 6.03 Å². The average Bonchev–Trinajstić information content (AvgIpc) is 3.15. The average molecular weight is 375 g/mol. The number of likely N-dealkylation sites (tertiary alicyclic amines) is 1. The number of fused-ring (bicyclic) bond motifs is 1. The molecule has 6 nitrogen and oxygen atoms in total. The Labute approximate surface area is 165 Å². The normalized spacial score (nSPS) is 16.5. The van der Waals surface area contributed by atoms with E-state index in [1.165, 1.54) is 0 Å². The Hall–Kier alpha value is -3.02. The van der Waals surface area contributed by atoms with Crippen LogP contribution in [0.25, 0.3) is 22.2 Å². The number of hydrogen-bond donors (Lipinski definition) is 1. The van der Waals surface area contributed by atoms with E-state index < -0.39 is 0 Å². The zero-order valence-corrected chi connectivity index (χ0v) is 16.6. The Morgan fingerprint density at radius 3 is 2.86 bits per heavy atom. The van der Waals surface area contributed by atoms with Crippen LogP contribution in [0.15, 0.2) is 36.7 Å². The molecule has 2 aromatic heterocycles. The summed E-state index contributed by atoms with van der Waals surface area (Å²) in [7, 11) is 0. The summed E-state index contributed by atoms with van der Waals surface area (Å²) in [6.07, 6.45) is 5.52. The summed E-state index contributed by atoms with van der Waals surface area (Å²) >= 11 is 0. The highest BCUT2D eigenvalue weighted by molar-refractivity contribution is 5.91. The number of aromatic nitrogens is 3. The zero-order chi connectivity index (χ0) is 19.7. The van der Waals surface area contributed by atoms with E-state index in [9.17, 15) is 4.79 Å². The highest BCUT2D eigenvalue weighted by atomic mass is 16.2. The lowest BCUT2D eigenvalue weighted by atomic mass is 10.0. The van der Waals surface area contributed by atoms with Gasteiger partial charge in [-0.2, -0.15) is 0 Å². The molecule has 0 bridgehead atoms. The summed E-state index contributed by atoms with van der Waals surface area (Å²) in [6.45, 7) is 7.90. The van der Waals surface area contributed by atoms with Crippen LogP contribution in [0.3, 0.4) is 0 Å². The van der Waals surface area contributed by atoms with Crippen molar-refractivity contribution in [3.63, 3.8) is 0 Å². The number of anilines is 1. The Morgan fingerprint density at radius 1 is 1.25 bits per heavy atom. The first-order valence-corrected chi connectivity index (χ1v) is 9.82. The summed E-state index contributed by atoms with van der Waals surface area (Å²) in [5, 5.41) is 3.95.